The van der Waals surface area contributed by atoms with Crippen LogP contribution in [0.5, 0.6) is 5.75 Å². The van der Waals surface area contributed by atoms with E-state index in [4.69, 9.17) is 9.47 Å². The van der Waals surface area contributed by atoms with E-state index in [1.807, 2.05) is 36.0 Å². The third-order valence-electron chi connectivity index (χ3n) is 2.13. The van der Waals surface area contributed by atoms with Crippen LogP contribution in [0.3, 0.4) is 0 Å². The summed E-state index contributed by atoms with van der Waals surface area (Å²) in [5.74, 6) is 1.97. The standard InChI is InChI=1S/C11H13BrO2S/c12-9-1-3-10(4-2-9)14-5-6-15-11-7-13-8-11/h1-4,11H,5-8H2. The van der Waals surface area contributed by atoms with E-state index in [9.17, 15) is 0 Å². The largest absolute Gasteiger partial charge is 0.493 e. The first-order valence-corrected chi connectivity index (χ1v) is 6.76. The number of benzene rings is 1. The molecule has 4 heteroatoms. The molecule has 0 unspecified atom stereocenters. The highest BCUT2D eigenvalue weighted by Gasteiger charge is 2.17. The van der Waals surface area contributed by atoms with Crippen LogP contribution >= 0.6 is 27.7 Å². The average Bonchev–Trinajstić information content (AvgIpc) is 2.18. The molecule has 1 aliphatic heterocycles. The Balaban J connectivity index is 1.62. The first-order chi connectivity index (χ1) is 7.34. The van der Waals surface area contributed by atoms with Crippen LogP contribution in [0.2, 0.25) is 0 Å². The molecule has 0 radical (unpaired) electrons. The summed E-state index contributed by atoms with van der Waals surface area (Å²) in [7, 11) is 0. The molecule has 1 aliphatic rings. The molecular weight excluding hydrogens is 276 g/mol. The highest BCUT2D eigenvalue weighted by atomic mass is 79.9. The normalized spacial score (nSPS) is 16.1. The third kappa shape index (κ3) is 3.70. The Morgan fingerprint density at radius 3 is 2.67 bits per heavy atom. The minimum Gasteiger partial charge on any atom is -0.493 e. The van der Waals surface area contributed by atoms with Crippen LogP contribution in [-0.4, -0.2) is 30.8 Å². The molecule has 82 valence electrons. The molecule has 0 bridgehead atoms. The van der Waals surface area contributed by atoms with Crippen LogP contribution in [-0.2, 0) is 4.74 Å². The van der Waals surface area contributed by atoms with Gasteiger partial charge in [-0.1, -0.05) is 15.9 Å². The molecular formula is C11H13BrO2S. The first-order valence-electron chi connectivity index (χ1n) is 4.92. The number of ether oxygens (including phenoxy) is 2. The zero-order valence-electron chi connectivity index (χ0n) is 8.32. The van der Waals surface area contributed by atoms with Gasteiger partial charge in [-0.2, -0.15) is 11.8 Å². The van der Waals surface area contributed by atoms with Gasteiger partial charge in [0, 0.05) is 10.2 Å². The molecule has 1 aromatic carbocycles. The summed E-state index contributed by atoms with van der Waals surface area (Å²) in [6.07, 6.45) is 0. The van der Waals surface area contributed by atoms with E-state index in [1.165, 1.54) is 0 Å². The van der Waals surface area contributed by atoms with Gasteiger partial charge in [-0.15, -0.1) is 0 Å². The SMILES string of the molecule is Brc1ccc(OCCSC2COC2)cc1. The minimum absolute atomic E-state index is 0.693. The number of halogens is 1. The van der Waals surface area contributed by atoms with E-state index < -0.39 is 0 Å². The van der Waals surface area contributed by atoms with Gasteiger partial charge in [-0.25, -0.2) is 0 Å². The van der Waals surface area contributed by atoms with Gasteiger partial charge in [0.1, 0.15) is 5.75 Å². The molecule has 0 spiro atoms. The Morgan fingerprint density at radius 1 is 1.33 bits per heavy atom. The van der Waals surface area contributed by atoms with Crippen molar-refractivity contribution in [1.29, 1.82) is 0 Å². The Hall–Kier alpha value is -0.190. The van der Waals surface area contributed by atoms with Crippen molar-refractivity contribution >= 4 is 27.7 Å². The second-order valence-electron chi connectivity index (χ2n) is 3.33. The molecule has 0 saturated carbocycles. The number of hydrogen-bond acceptors (Lipinski definition) is 3. The lowest BCUT2D eigenvalue weighted by Crippen LogP contribution is -2.31. The number of hydrogen-bond donors (Lipinski definition) is 0. The van der Waals surface area contributed by atoms with Gasteiger partial charge in [-0.3, -0.25) is 0 Å². The van der Waals surface area contributed by atoms with Crippen LogP contribution in [0.1, 0.15) is 0 Å². The average molecular weight is 289 g/mol. The minimum atomic E-state index is 0.693. The van der Waals surface area contributed by atoms with Crippen molar-refractivity contribution in [2.24, 2.45) is 0 Å². The van der Waals surface area contributed by atoms with Crippen molar-refractivity contribution in [3.05, 3.63) is 28.7 Å². The van der Waals surface area contributed by atoms with Gasteiger partial charge in [0.2, 0.25) is 0 Å². The molecule has 0 aromatic heterocycles. The van der Waals surface area contributed by atoms with Crippen LogP contribution < -0.4 is 4.74 Å². The van der Waals surface area contributed by atoms with Crippen molar-refractivity contribution < 1.29 is 9.47 Å². The molecule has 0 atom stereocenters. The van der Waals surface area contributed by atoms with E-state index >= 15 is 0 Å². The molecule has 0 amide bonds. The molecule has 0 aliphatic carbocycles. The first kappa shape index (κ1) is 11.3. The van der Waals surface area contributed by atoms with Crippen molar-refractivity contribution in [2.45, 2.75) is 5.25 Å². The smallest absolute Gasteiger partial charge is 0.119 e. The molecule has 1 heterocycles. The fraction of sp³-hybridized carbons (Fsp3) is 0.455. The van der Waals surface area contributed by atoms with Crippen molar-refractivity contribution in [3.63, 3.8) is 0 Å². The summed E-state index contributed by atoms with van der Waals surface area (Å²) in [4.78, 5) is 0. The van der Waals surface area contributed by atoms with Crippen LogP contribution in [0.15, 0.2) is 28.7 Å². The zero-order valence-corrected chi connectivity index (χ0v) is 10.7. The molecule has 1 saturated heterocycles. The summed E-state index contributed by atoms with van der Waals surface area (Å²) < 4.78 is 11.8. The predicted molar refractivity (Wildman–Crippen MR) is 66.7 cm³/mol. The van der Waals surface area contributed by atoms with E-state index in [0.29, 0.717) is 5.25 Å². The lowest BCUT2D eigenvalue weighted by molar-refractivity contribution is 0.0454. The highest BCUT2D eigenvalue weighted by molar-refractivity contribution is 9.10. The maximum absolute atomic E-state index is 5.60. The number of thioether (sulfide) groups is 1. The second kappa shape index (κ2) is 5.77. The molecule has 15 heavy (non-hydrogen) atoms. The van der Waals surface area contributed by atoms with Crippen molar-refractivity contribution in [3.8, 4) is 5.75 Å². The van der Waals surface area contributed by atoms with E-state index in [2.05, 4.69) is 15.9 Å². The van der Waals surface area contributed by atoms with Gasteiger partial charge < -0.3 is 9.47 Å². The monoisotopic (exact) mass is 288 g/mol. The summed E-state index contributed by atoms with van der Waals surface area (Å²) in [5.41, 5.74) is 0. The maximum Gasteiger partial charge on any atom is 0.119 e. The molecule has 0 N–H and O–H groups in total. The summed E-state index contributed by atoms with van der Waals surface area (Å²) in [5, 5.41) is 0.693. The zero-order chi connectivity index (χ0) is 10.5. The van der Waals surface area contributed by atoms with E-state index in [-0.39, 0.29) is 0 Å². The Bertz CT molecular complexity index is 298. The van der Waals surface area contributed by atoms with Crippen molar-refractivity contribution in [2.75, 3.05) is 25.6 Å². The fourth-order valence-corrected chi connectivity index (χ4v) is 2.38. The topological polar surface area (TPSA) is 18.5 Å². The lowest BCUT2D eigenvalue weighted by atomic mass is 10.3. The van der Waals surface area contributed by atoms with E-state index in [0.717, 1.165) is 35.8 Å². The van der Waals surface area contributed by atoms with Crippen molar-refractivity contribution in [1.82, 2.24) is 0 Å². The van der Waals surface area contributed by atoms with Crippen LogP contribution in [0.25, 0.3) is 0 Å². The predicted octanol–water partition coefficient (Wildman–Crippen LogP) is 2.96. The number of rotatable bonds is 5. The van der Waals surface area contributed by atoms with Gasteiger partial charge in [0.25, 0.3) is 0 Å². The van der Waals surface area contributed by atoms with Gasteiger partial charge >= 0.3 is 0 Å². The molecule has 2 nitrogen and oxygen atoms in total. The van der Waals surface area contributed by atoms with Crippen LogP contribution in [0, 0.1) is 0 Å². The summed E-state index contributed by atoms with van der Waals surface area (Å²) in [6.45, 7) is 2.58. The third-order valence-corrected chi connectivity index (χ3v) is 3.80. The quantitative estimate of drug-likeness (QED) is 0.776. The van der Waals surface area contributed by atoms with Gasteiger partial charge in [0.05, 0.1) is 25.1 Å². The molecule has 1 fully saturated rings. The van der Waals surface area contributed by atoms with Gasteiger partial charge in [-0.05, 0) is 24.3 Å². The Morgan fingerprint density at radius 2 is 2.07 bits per heavy atom. The highest BCUT2D eigenvalue weighted by Crippen LogP contribution is 2.20. The molecule has 2 rings (SSSR count). The summed E-state index contributed by atoms with van der Waals surface area (Å²) in [6, 6.07) is 7.92. The van der Waals surface area contributed by atoms with Gasteiger partial charge in [0.15, 0.2) is 0 Å². The fourth-order valence-electron chi connectivity index (χ4n) is 1.22. The second-order valence-corrected chi connectivity index (χ2v) is 5.66. The van der Waals surface area contributed by atoms with E-state index in [1.54, 1.807) is 0 Å². The molecule has 1 aromatic rings. The summed E-state index contributed by atoms with van der Waals surface area (Å²) >= 11 is 5.32. The van der Waals surface area contributed by atoms with Crippen LogP contribution in [0.4, 0.5) is 0 Å². The Labute approximate surface area is 102 Å². The lowest BCUT2D eigenvalue weighted by Gasteiger charge is -2.25. The maximum atomic E-state index is 5.60. The Kier molecular flexibility index (Phi) is 4.35.